The van der Waals surface area contributed by atoms with Gasteiger partial charge in [-0.15, -0.1) is 0 Å². The standard InChI is InChI=1S/C24H25N5O2/c1-16-17(2)24(28-27-21(16)13-19-7-5-4-6-8-19)20-9-11-29(12-10-20)22-14-26-23(15-25-22)31-18(3)30/h4-9,14-15H,10-13H2,1-3H3. The second-order valence-corrected chi connectivity index (χ2v) is 7.64. The van der Waals surface area contributed by atoms with Gasteiger partial charge in [-0.3, -0.25) is 4.79 Å². The molecule has 1 aliphatic heterocycles. The van der Waals surface area contributed by atoms with E-state index in [2.05, 4.69) is 57.1 Å². The van der Waals surface area contributed by atoms with E-state index in [1.54, 1.807) is 6.20 Å². The van der Waals surface area contributed by atoms with Crippen molar-refractivity contribution < 1.29 is 9.53 Å². The molecule has 2 aromatic heterocycles. The summed E-state index contributed by atoms with van der Waals surface area (Å²) in [5, 5.41) is 9.13. The predicted octanol–water partition coefficient (Wildman–Crippen LogP) is 3.69. The molecule has 0 unspecified atom stereocenters. The van der Waals surface area contributed by atoms with E-state index in [0.717, 1.165) is 36.6 Å². The Kier molecular flexibility index (Phi) is 6.02. The van der Waals surface area contributed by atoms with Crippen LogP contribution in [0.1, 0.15) is 41.4 Å². The zero-order chi connectivity index (χ0) is 21.8. The molecule has 3 aromatic rings. The minimum absolute atomic E-state index is 0.210. The Hall–Kier alpha value is -3.61. The molecular formula is C24H25N5O2. The van der Waals surface area contributed by atoms with E-state index in [4.69, 9.17) is 4.74 Å². The summed E-state index contributed by atoms with van der Waals surface area (Å²) in [7, 11) is 0. The monoisotopic (exact) mass is 415 g/mol. The van der Waals surface area contributed by atoms with Gasteiger partial charge in [0.1, 0.15) is 5.82 Å². The fourth-order valence-corrected chi connectivity index (χ4v) is 3.68. The molecule has 0 spiro atoms. The Balaban J connectivity index is 1.47. The molecule has 1 aromatic carbocycles. The lowest BCUT2D eigenvalue weighted by atomic mass is 9.96. The van der Waals surface area contributed by atoms with Gasteiger partial charge in [-0.25, -0.2) is 9.97 Å². The molecule has 0 fully saturated rings. The number of benzene rings is 1. The van der Waals surface area contributed by atoms with Crippen molar-refractivity contribution in [2.75, 3.05) is 18.0 Å². The summed E-state index contributed by atoms with van der Waals surface area (Å²) in [4.78, 5) is 21.7. The van der Waals surface area contributed by atoms with Gasteiger partial charge in [-0.1, -0.05) is 36.4 Å². The van der Waals surface area contributed by atoms with Crippen LogP contribution in [0.4, 0.5) is 5.82 Å². The molecule has 0 radical (unpaired) electrons. The van der Waals surface area contributed by atoms with Crippen LogP contribution in [0.15, 0.2) is 48.8 Å². The maximum absolute atomic E-state index is 11.0. The van der Waals surface area contributed by atoms with E-state index in [1.165, 1.54) is 35.4 Å². The van der Waals surface area contributed by atoms with Gasteiger partial charge >= 0.3 is 5.97 Å². The largest absolute Gasteiger partial charge is 0.406 e. The van der Waals surface area contributed by atoms with Crippen LogP contribution in [0.5, 0.6) is 5.88 Å². The summed E-state index contributed by atoms with van der Waals surface area (Å²) in [6, 6.07) is 10.3. The van der Waals surface area contributed by atoms with E-state index >= 15 is 0 Å². The van der Waals surface area contributed by atoms with E-state index in [9.17, 15) is 4.79 Å². The molecule has 158 valence electrons. The van der Waals surface area contributed by atoms with E-state index in [0.29, 0.717) is 6.54 Å². The van der Waals surface area contributed by atoms with Crippen molar-refractivity contribution in [2.24, 2.45) is 0 Å². The van der Waals surface area contributed by atoms with Crippen LogP contribution in [0.2, 0.25) is 0 Å². The average molecular weight is 415 g/mol. The molecule has 0 saturated heterocycles. The third-order valence-corrected chi connectivity index (χ3v) is 5.54. The molecule has 0 N–H and O–H groups in total. The third kappa shape index (κ3) is 4.77. The highest BCUT2D eigenvalue weighted by Gasteiger charge is 2.19. The van der Waals surface area contributed by atoms with Crippen LogP contribution in [0, 0.1) is 13.8 Å². The van der Waals surface area contributed by atoms with Gasteiger partial charge in [0.2, 0.25) is 5.88 Å². The van der Waals surface area contributed by atoms with Crippen LogP contribution in [0.25, 0.3) is 5.57 Å². The van der Waals surface area contributed by atoms with Crippen LogP contribution in [0.3, 0.4) is 0 Å². The lowest BCUT2D eigenvalue weighted by molar-refractivity contribution is -0.132. The van der Waals surface area contributed by atoms with Gasteiger partial charge in [0.05, 0.1) is 23.8 Å². The fraction of sp³-hybridized carbons (Fsp3) is 0.292. The highest BCUT2D eigenvalue weighted by molar-refractivity contribution is 5.69. The quantitative estimate of drug-likeness (QED) is 0.588. The number of esters is 1. The number of nitrogens with zero attached hydrogens (tertiary/aromatic N) is 5. The minimum Gasteiger partial charge on any atom is -0.406 e. The Morgan fingerprint density at radius 1 is 1.06 bits per heavy atom. The predicted molar refractivity (Wildman–Crippen MR) is 119 cm³/mol. The first-order chi connectivity index (χ1) is 15.0. The molecule has 0 aliphatic carbocycles. The SMILES string of the molecule is CC(=O)Oc1cnc(N2CC=C(c3nnc(Cc4ccccc4)c(C)c3C)CC2)cn1. The summed E-state index contributed by atoms with van der Waals surface area (Å²) in [5.74, 6) is 0.555. The molecule has 0 bridgehead atoms. The van der Waals surface area contributed by atoms with Crippen molar-refractivity contribution in [3.63, 3.8) is 0 Å². The topological polar surface area (TPSA) is 81.1 Å². The highest BCUT2D eigenvalue weighted by atomic mass is 16.5. The summed E-state index contributed by atoms with van der Waals surface area (Å²) in [5.41, 5.74) is 6.83. The molecule has 0 amide bonds. The van der Waals surface area contributed by atoms with E-state index < -0.39 is 5.97 Å². The molecule has 7 nitrogen and oxygen atoms in total. The molecule has 4 rings (SSSR count). The van der Waals surface area contributed by atoms with E-state index in [-0.39, 0.29) is 5.88 Å². The maximum atomic E-state index is 11.0. The van der Waals surface area contributed by atoms with Crippen molar-refractivity contribution in [1.29, 1.82) is 0 Å². The van der Waals surface area contributed by atoms with Crippen LogP contribution in [-0.4, -0.2) is 39.2 Å². The van der Waals surface area contributed by atoms with Gasteiger partial charge in [-0.2, -0.15) is 10.2 Å². The van der Waals surface area contributed by atoms with Gasteiger partial charge in [-0.05, 0) is 42.5 Å². The first kappa shape index (κ1) is 20.7. The Morgan fingerprint density at radius 2 is 1.87 bits per heavy atom. The first-order valence-electron chi connectivity index (χ1n) is 10.3. The summed E-state index contributed by atoms with van der Waals surface area (Å²) in [6.45, 7) is 7.11. The fourth-order valence-electron chi connectivity index (χ4n) is 3.68. The Morgan fingerprint density at radius 3 is 2.52 bits per heavy atom. The number of ether oxygens (including phenoxy) is 1. The number of carbonyl (C=O) groups excluding carboxylic acids is 1. The average Bonchev–Trinajstić information content (AvgIpc) is 2.78. The summed E-state index contributed by atoms with van der Waals surface area (Å²) < 4.78 is 4.94. The molecule has 0 atom stereocenters. The van der Waals surface area contributed by atoms with Gasteiger partial charge in [0.15, 0.2) is 0 Å². The van der Waals surface area contributed by atoms with Gasteiger partial charge in [0.25, 0.3) is 0 Å². The Labute approximate surface area is 181 Å². The summed E-state index contributed by atoms with van der Waals surface area (Å²) >= 11 is 0. The van der Waals surface area contributed by atoms with Crippen molar-refractivity contribution in [3.05, 3.63) is 76.9 Å². The second kappa shape index (κ2) is 9.04. The normalized spacial score (nSPS) is 13.6. The summed E-state index contributed by atoms with van der Waals surface area (Å²) in [6.07, 6.45) is 6.92. The lowest BCUT2D eigenvalue weighted by Gasteiger charge is -2.27. The van der Waals surface area contributed by atoms with Crippen molar-refractivity contribution in [3.8, 4) is 5.88 Å². The van der Waals surface area contributed by atoms with Crippen LogP contribution in [-0.2, 0) is 11.2 Å². The zero-order valence-corrected chi connectivity index (χ0v) is 18.0. The Bertz CT molecular complexity index is 1110. The number of aromatic nitrogens is 4. The number of hydrogen-bond acceptors (Lipinski definition) is 7. The molecule has 31 heavy (non-hydrogen) atoms. The second-order valence-electron chi connectivity index (χ2n) is 7.64. The van der Waals surface area contributed by atoms with Crippen LogP contribution >= 0.6 is 0 Å². The molecule has 1 aliphatic rings. The number of carbonyl (C=O) groups is 1. The number of hydrogen-bond donors (Lipinski definition) is 0. The minimum atomic E-state index is -0.408. The van der Waals surface area contributed by atoms with Crippen molar-refractivity contribution >= 4 is 17.4 Å². The third-order valence-electron chi connectivity index (χ3n) is 5.54. The smallest absolute Gasteiger partial charge is 0.309 e. The van der Waals surface area contributed by atoms with Crippen LogP contribution < -0.4 is 9.64 Å². The molecule has 0 saturated carbocycles. The molecular weight excluding hydrogens is 390 g/mol. The van der Waals surface area contributed by atoms with E-state index in [1.807, 2.05) is 18.2 Å². The van der Waals surface area contributed by atoms with Crippen molar-refractivity contribution in [1.82, 2.24) is 20.2 Å². The maximum Gasteiger partial charge on any atom is 0.309 e. The van der Waals surface area contributed by atoms with Crippen molar-refractivity contribution in [2.45, 2.75) is 33.6 Å². The molecule has 7 heteroatoms. The number of anilines is 1. The van der Waals surface area contributed by atoms with Gasteiger partial charge in [0, 0.05) is 26.4 Å². The lowest BCUT2D eigenvalue weighted by Crippen LogP contribution is -2.29. The molecule has 3 heterocycles. The number of rotatable bonds is 5. The highest BCUT2D eigenvalue weighted by Crippen LogP contribution is 2.27. The first-order valence-corrected chi connectivity index (χ1v) is 10.3. The van der Waals surface area contributed by atoms with Gasteiger partial charge < -0.3 is 9.64 Å². The zero-order valence-electron chi connectivity index (χ0n) is 18.0.